The van der Waals surface area contributed by atoms with Crippen LogP contribution in [-0.2, 0) is 24.8 Å². The molecule has 0 radical (unpaired) electrons. The summed E-state index contributed by atoms with van der Waals surface area (Å²) in [5.74, 6) is 0.0425. The van der Waals surface area contributed by atoms with Gasteiger partial charge in [-0.1, -0.05) is 24.3 Å². The fourth-order valence-corrected chi connectivity index (χ4v) is 2.70. The van der Waals surface area contributed by atoms with Crippen molar-refractivity contribution in [2.24, 2.45) is 7.05 Å². The summed E-state index contributed by atoms with van der Waals surface area (Å²) in [5, 5.41) is 10.5. The molecule has 2 heterocycles. The van der Waals surface area contributed by atoms with E-state index in [9.17, 15) is 4.79 Å². The van der Waals surface area contributed by atoms with E-state index in [1.165, 1.54) is 11.1 Å². The highest BCUT2D eigenvalue weighted by Gasteiger charge is 2.25. The number of nitrogens with zero attached hydrogens (tertiary/aromatic N) is 2. The molecule has 0 aliphatic carbocycles. The summed E-state index contributed by atoms with van der Waals surface area (Å²) in [5.41, 5.74) is 3.55. The number of halogens is 1. The van der Waals surface area contributed by atoms with Crippen molar-refractivity contribution in [3.63, 3.8) is 0 Å². The van der Waals surface area contributed by atoms with E-state index in [0.717, 1.165) is 18.5 Å². The largest absolute Gasteiger partial charge is 0.348 e. The third-order valence-corrected chi connectivity index (χ3v) is 3.98. The average Bonchev–Trinajstić information content (AvgIpc) is 2.93. The van der Waals surface area contributed by atoms with Crippen molar-refractivity contribution in [1.82, 2.24) is 20.4 Å². The molecule has 3 rings (SSSR count). The molecule has 1 amide bonds. The number of nitrogens with one attached hydrogen (secondary N) is 2. The number of carbonyl (C=O) groups is 1. The van der Waals surface area contributed by atoms with Crippen LogP contribution in [0, 0.1) is 0 Å². The van der Waals surface area contributed by atoms with Crippen molar-refractivity contribution in [3.05, 3.63) is 53.3 Å². The molecule has 0 saturated carbocycles. The molecule has 1 aliphatic rings. The topological polar surface area (TPSA) is 59.0 Å². The quantitative estimate of drug-likeness (QED) is 0.905. The third-order valence-electron chi connectivity index (χ3n) is 3.98. The Morgan fingerprint density at radius 1 is 1.41 bits per heavy atom. The zero-order valence-electron chi connectivity index (χ0n) is 12.7. The summed E-state index contributed by atoms with van der Waals surface area (Å²) in [6.07, 6.45) is 4.45. The highest BCUT2D eigenvalue weighted by Crippen LogP contribution is 2.17. The minimum absolute atomic E-state index is 0. The van der Waals surface area contributed by atoms with Gasteiger partial charge < -0.3 is 10.6 Å². The van der Waals surface area contributed by atoms with Gasteiger partial charge in [-0.2, -0.15) is 5.10 Å². The highest BCUT2D eigenvalue weighted by molar-refractivity contribution is 5.85. The van der Waals surface area contributed by atoms with E-state index in [-0.39, 0.29) is 30.4 Å². The number of fused-ring (bicyclic) bond motifs is 1. The maximum Gasteiger partial charge on any atom is 0.237 e. The monoisotopic (exact) mass is 320 g/mol. The lowest BCUT2D eigenvalue weighted by Gasteiger charge is -2.26. The van der Waals surface area contributed by atoms with Crippen LogP contribution < -0.4 is 10.6 Å². The molecule has 22 heavy (non-hydrogen) atoms. The van der Waals surface area contributed by atoms with Gasteiger partial charge in [0.2, 0.25) is 5.91 Å². The van der Waals surface area contributed by atoms with E-state index in [4.69, 9.17) is 0 Å². The van der Waals surface area contributed by atoms with E-state index in [1.54, 1.807) is 10.9 Å². The van der Waals surface area contributed by atoms with Gasteiger partial charge in [0.05, 0.1) is 18.3 Å². The first kappa shape index (κ1) is 16.5. The van der Waals surface area contributed by atoms with Crippen molar-refractivity contribution in [2.45, 2.75) is 32.0 Å². The van der Waals surface area contributed by atoms with Crippen LogP contribution in [0.15, 0.2) is 36.7 Å². The summed E-state index contributed by atoms with van der Waals surface area (Å²) in [6, 6.07) is 8.06. The first-order valence-electron chi connectivity index (χ1n) is 7.22. The molecule has 1 aliphatic heterocycles. The van der Waals surface area contributed by atoms with Crippen LogP contribution in [0.5, 0.6) is 0 Å². The predicted molar refractivity (Wildman–Crippen MR) is 87.8 cm³/mol. The van der Waals surface area contributed by atoms with Gasteiger partial charge in [-0.25, -0.2) is 0 Å². The smallest absolute Gasteiger partial charge is 0.237 e. The molecule has 2 atom stereocenters. The number of hydrogen-bond acceptors (Lipinski definition) is 3. The minimum atomic E-state index is -0.168. The maximum absolute atomic E-state index is 12.4. The second-order valence-electron chi connectivity index (χ2n) is 5.58. The lowest BCUT2D eigenvalue weighted by molar-refractivity contribution is -0.124. The number of hydrogen-bond donors (Lipinski definition) is 2. The summed E-state index contributed by atoms with van der Waals surface area (Å²) in [4.78, 5) is 12.4. The predicted octanol–water partition coefficient (Wildman–Crippen LogP) is 1.73. The fraction of sp³-hybridized carbons (Fsp3) is 0.375. The van der Waals surface area contributed by atoms with Gasteiger partial charge in [-0.05, 0) is 24.5 Å². The molecule has 118 valence electrons. The van der Waals surface area contributed by atoms with Crippen LogP contribution in [0.4, 0.5) is 0 Å². The molecule has 0 fully saturated rings. The van der Waals surface area contributed by atoms with Crippen LogP contribution in [0.3, 0.4) is 0 Å². The second-order valence-corrected chi connectivity index (χ2v) is 5.58. The first-order valence-corrected chi connectivity index (χ1v) is 7.22. The summed E-state index contributed by atoms with van der Waals surface area (Å²) < 4.78 is 1.74. The van der Waals surface area contributed by atoms with E-state index in [0.29, 0.717) is 0 Å². The van der Waals surface area contributed by atoms with Crippen molar-refractivity contribution in [3.8, 4) is 0 Å². The second kappa shape index (κ2) is 6.94. The van der Waals surface area contributed by atoms with Crippen LogP contribution in [0.2, 0.25) is 0 Å². The van der Waals surface area contributed by atoms with Gasteiger partial charge >= 0.3 is 0 Å². The van der Waals surface area contributed by atoms with E-state index in [2.05, 4.69) is 27.9 Å². The molecule has 0 spiro atoms. The van der Waals surface area contributed by atoms with Crippen molar-refractivity contribution in [1.29, 1.82) is 0 Å². The highest BCUT2D eigenvalue weighted by atomic mass is 35.5. The van der Waals surface area contributed by atoms with Crippen LogP contribution in [0.1, 0.15) is 29.7 Å². The molecule has 0 bridgehead atoms. The molecule has 1 aromatic carbocycles. The van der Waals surface area contributed by atoms with Gasteiger partial charge in [0.25, 0.3) is 0 Å². The summed E-state index contributed by atoms with van der Waals surface area (Å²) in [7, 11) is 1.87. The first-order chi connectivity index (χ1) is 10.1. The zero-order valence-corrected chi connectivity index (χ0v) is 13.6. The van der Waals surface area contributed by atoms with Gasteiger partial charge in [-0.15, -0.1) is 12.4 Å². The molecular formula is C16H21ClN4O. The average molecular weight is 321 g/mol. The molecule has 2 unspecified atom stereocenters. The van der Waals surface area contributed by atoms with Crippen molar-refractivity contribution < 1.29 is 4.79 Å². The Hall–Kier alpha value is -1.85. The molecule has 6 heteroatoms. The normalized spacial score (nSPS) is 18.0. The van der Waals surface area contributed by atoms with Crippen molar-refractivity contribution in [2.75, 3.05) is 0 Å². The fourth-order valence-electron chi connectivity index (χ4n) is 2.70. The molecule has 2 N–H and O–H groups in total. The number of aromatic nitrogens is 2. The lowest BCUT2D eigenvalue weighted by atomic mass is 9.95. The minimum Gasteiger partial charge on any atom is -0.348 e. The Bertz CT molecular complexity index is 655. The van der Waals surface area contributed by atoms with E-state index < -0.39 is 0 Å². The van der Waals surface area contributed by atoms with Gasteiger partial charge in [0, 0.05) is 25.4 Å². The van der Waals surface area contributed by atoms with Gasteiger partial charge in [-0.3, -0.25) is 9.48 Å². The molecule has 1 aromatic heterocycles. The van der Waals surface area contributed by atoms with Crippen molar-refractivity contribution >= 4 is 18.3 Å². The number of benzene rings is 1. The number of rotatable bonds is 3. The van der Waals surface area contributed by atoms with Crippen LogP contribution in [0.25, 0.3) is 0 Å². The van der Waals surface area contributed by atoms with Crippen LogP contribution in [-0.4, -0.2) is 21.7 Å². The van der Waals surface area contributed by atoms with E-state index in [1.807, 2.05) is 32.3 Å². The Morgan fingerprint density at radius 2 is 2.14 bits per heavy atom. The molecule has 5 nitrogen and oxygen atoms in total. The molecular weight excluding hydrogens is 300 g/mol. The van der Waals surface area contributed by atoms with E-state index >= 15 is 0 Å². The SMILES string of the molecule is CC(NC(=O)C1Cc2ccccc2CN1)c1cnn(C)c1.Cl. The number of carbonyl (C=O) groups excluding carboxylic acids is 1. The Morgan fingerprint density at radius 3 is 2.82 bits per heavy atom. The van der Waals surface area contributed by atoms with Gasteiger partial charge in [0.15, 0.2) is 0 Å². The maximum atomic E-state index is 12.4. The van der Waals surface area contributed by atoms with Crippen LogP contribution >= 0.6 is 12.4 Å². The lowest BCUT2D eigenvalue weighted by Crippen LogP contribution is -2.48. The third kappa shape index (κ3) is 3.48. The molecule has 0 saturated heterocycles. The Labute approximate surface area is 136 Å². The van der Waals surface area contributed by atoms with Gasteiger partial charge in [0.1, 0.15) is 0 Å². The Balaban J connectivity index is 0.00000176. The molecule has 2 aromatic rings. The summed E-state index contributed by atoms with van der Waals surface area (Å²) in [6.45, 7) is 2.72. The number of amides is 1. The Kier molecular flexibility index (Phi) is 5.21. The summed E-state index contributed by atoms with van der Waals surface area (Å²) >= 11 is 0. The number of aryl methyl sites for hydroxylation is 1. The zero-order chi connectivity index (χ0) is 14.8. The standard InChI is InChI=1S/C16H20N4O.ClH/c1-11(14-9-18-20(2)10-14)19-16(21)15-7-12-5-3-4-6-13(12)8-17-15;/h3-6,9-11,15,17H,7-8H2,1-2H3,(H,19,21);1H.